The lowest BCUT2D eigenvalue weighted by atomic mass is 9.83. The van der Waals surface area contributed by atoms with Crippen LogP contribution in [0.1, 0.15) is 50.7 Å². The van der Waals surface area contributed by atoms with Crippen molar-refractivity contribution in [3.63, 3.8) is 0 Å². The minimum atomic E-state index is -0.448. The third-order valence-electron chi connectivity index (χ3n) is 4.26. The zero-order valence-corrected chi connectivity index (χ0v) is 12.4. The second kappa shape index (κ2) is 7.28. The predicted molar refractivity (Wildman–Crippen MR) is 80.5 cm³/mol. The maximum absolute atomic E-state index is 10.2. The highest BCUT2D eigenvalue weighted by atomic mass is 35.5. The summed E-state index contributed by atoms with van der Waals surface area (Å²) < 4.78 is 0. The Morgan fingerprint density at radius 1 is 1.26 bits per heavy atom. The lowest BCUT2D eigenvalue weighted by molar-refractivity contribution is 0.154. The zero-order chi connectivity index (χ0) is 13.7. The first-order chi connectivity index (χ1) is 9.20. The van der Waals surface area contributed by atoms with E-state index in [1.807, 2.05) is 24.3 Å². The Morgan fingerprint density at radius 2 is 1.95 bits per heavy atom. The van der Waals surface area contributed by atoms with Gasteiger partial charge in [-0.25, -0.2) is 0 Å². The van der Waals surface area contributed by atoms with E-state index in [0.717, 1.165) is 11.5 Å². The molecule has 1 fully saturated rings. The molecule has 1 aromatic rings. The number of nitrogens with one attached hydrogen (secondary N) is 1. The first-order valence-electron chi connectivity index (χ1n) is 7.37. The Labute approximate surface area is 121 Å². The van der Waals surface area contributed by atoms with Crippen molar-refractivity contribution in [2.45, 2.75) is 51.2 Å². The molecule has 1 aliphatic carbocycles. The molecule has 0 heterocycles. The summed E-state index contributed by atoms with van der Waals surface area (Å²) in [5, 5.41) is 14.5. The average molecular weight is 282 g/mol. The Balaban J connectivity index is 1.85. The summed E-state index contributed by atoms with van der Waals surface area (Å²) in [5.74, 6) is 0.770. The summed E-state index contributed by atoms with van der Waals surface area (Å²) in [6, 6.07) is 8.02. The summed E-state index contributed by atoms with van der Waals surface area (Å²) >= 11 is 5.86. The molecule has 1 saturated carbocycles. The molecule has 0 bridgehead atoms. The molecular formula is C16H24ClNO. The van der Waals surface area contributed by atoms with Crippen LogP contribution in [0.2, 0.25) is 5.02 Å². The van der Waals surface area contributed by atoms with E-state index < -0.39 is 6.10 Å². The average Bonchev–Trinajstić information content (AvgIpc) is 2.45. The maximum atomic E-state index is 10.2. The van der Waals surface area contributed by atoms with Crippen LogP contribution in [0.3, 0.4) is 0 Å². The molecule has 3 unspecified atom stereocenters. The number of halogens is 1. The molecule has 0 aliphatic heterocycles. The molecule has 2 nitrogen and oxygen atoms in total. The summed E-state index contributed by atoms with van der Waals surface area (Å²) in [4.78, 5) is 0. The highest BCUT2D eigenvalue weighted by Gasteiger charge is 2.23. The molecule has 1 aromatic carbocycles. The zero-order valence-electron chi connectivity index (χ0n) is 11.6. The third kappa shape index (κ3) is 4.20. The van der Waals surface area contributed by atoms with Gasteiger partial charge in [0.15, 0.2) is 0 Å². The van der Waals surface area contributed by atoms with Crippen LogP contribution in [0.5, 0.6) is 0 Å². The fourth-order valence-electron chi connectivity index (χ4n) is 3.03. The molecule has 106 valence electrons. The molecule has 2 rings (SSSR count). The normalized spacial score (nSPS) is 25.2. The highest BCUT2D eigenvalue weighted by Crippen LogP contribution is 2.27. The first-order valence-corrected chi connectivity index (χ1v) is 7.75. The Kier molecular flexibility index (Phi) is 5.68. The van der Waals surface area contributed by atoms with E-state index in [-0.39, 0.29) is 0 Å². The molecule has 2 N–H and O–H groups in total. The molecule has 0 saturated heterocycles. The largest absolute Gasteiger partial charge is 0.387 e. The Bertz CT molecular complexity index is 379. The van der Waals surface area contributed by atoms with Gasteiger partial charge in [-0.05, 0) is 36.5 Å². The predicted octanol–water partition coefficient (Wildman–Crippen LogP) is 3.93. The molecule has 0 radical (unpaired) electrons. The summed E-state index contributed by atoms with van der Waals surface area (Å²) in [7, 11) is 0. The van der Waals surface area contributed by atoms with Crippen LogP contribution < -0.4 is 5.32 Å². The van der Waals surface area contributed by atoms with Gasteiger partial charge in [0.1, 0.15) is 0 Å². The van der Waals surface area contributed by atoms with Gasteiger partial charge < -0.3 is 10.4 Å². The van der Waals surface area contributed by atoms with Crippen molar-refractivity contribution in [3.05, 3.63) is 34.9 Å². The Morgan fingerprint density at radius 3 is 2.63 bits per heavy atom. The van der Waals surface area contributed by atoms with E-state index in [1.165, 1.54) is 32.1 Å². The van der Waals surface area contributed by atoms with Gasteiger partial charge in [0, 0.05) is 17.6 Å². The number of rotatable bonds is 5. The molecule has 1 aliphatic rings. The molecule has 3 atom stereocenters. The van der Waals surface area contributed by atoms with Crippen LogP contribution in [-0.4, -0.2) is 17.7 Å². The lowest BCUT2D eigenvalue weighted by Crippen LogP contribution is -2.40. The number of aliphatic hydroxyl groups is 1. The summed E-state index contributed by atoms with van der Waals surface area (Å²) in [6.45, 7) is 2.89. The smallest absolute Gasteiger partial charge is 0.0914 e. The third-order valence-corrected chi connectivity index (χ3v) is 4.51. The van der Waals surface area contributed by atoms with Gasteiger partial charge in [0.05, 0.1) is 6.10 Å². The van der Waals surface area contributed by atoms with Crippen molar-refractivity contribution in [2.75, 3.05) is 6.54 Å². The fourth-order valence-corrected chi connectivity index (χ4v) is 3.16. The van der Waals surface area contributed by atoms with E-state index in [1.54, 1.807) is 0 Å². The van der Waals surface area contributed by atoms with Crippen LogP contribution in [0, 0.1) is 5.92 Å². The molecule has 0 aromatic heterocycles. The highest BCUT2D eigenvalue weighted by molar-refractivity contribution is 6.30. The van der Waals surface area contributed by atoms with E-state index in [9.17, 15) is 5.11 Å². The van der Waals surface area contributed by atoms with Crippen LogP contribution in [-0.2, 0) is 0 Å². The maximum Gasteiger partial charge on any atom is 0.0914 e. The van der Waals surface area contributed by atoms with Crippen molar-refractivity contribution < 1.29 is 5.11 Å². The Hall–Kier alpha value is -0.570. The van der Waals surface area contributed by atoms with Crippen molar-refractivity contribution in [1.29, 1.82) is 0 Å². The minimum Gasteiger partial charge on any atom is -0.387 e. The quantitative estimate of drug-likeness (QED) is 0.857. The van der Waals surface area contributed by atoms with E-state index >= 15 is 0 Å². The first kappa shape index (κ1) is 14.8. The standard InChI is InChI=1S/C16H24ClNO/c1-2-12-5-3-4-6-15(12)18-11-16(19)13-7-9-14(17)10-8-13/h7-10,12,15-16,18-19H,2-6,11H2,1H3. The number of aliphatic hydroxyl groups excluding tert-OH is 1. The van der Waals surface area contributed by atoms with Gasteiger partial charge in [-0.15, -0.1) is 0 Å². The summed E-state index contributed by atoms with van der Waals surface area (Å²) in [5.41, 5.74) is 0.931. The van der Waals surface area contributed by atoms with Crippen molar-refractivity contribution in [1.82, 2.24) is 5.32 Å². The number of benzene rings is 1. The second-order valence-corrected chi connectivity index (χ2v) is 5.97. The van der Waals surface area contributed by atoms with E-state index in [4.69, 9.17) is 11.6 Å². The van der Waals surface area contributed by atoms with Crippen molar-refractivity contribution in [3.8, 4) is 0 Å². The molecule has 0 spiro atoms. The molecule has 19 heavy (non-hydrogen) atoms. The van der Waals surface area contributed by atoms with Gasteiger partial charge >= 0.3 is 0 Å². The second-order valence-electron chi connectivity index (χ2n) is 5.53. The topological polar surface area (TPSA) is 32.3 Å². The summed E-state index contributed by atoms with van der Waals surface area (Å²) in [6.07, 6.45) is 6.02. The van der Waals surface area contributed by atoms with Gasteiger partial charge in [0.2, 0.25) is 0 Å². The van der Waals surface area contributed by atoms with Crippen LogP contribution in [0.25, 0.3) is 0 Å². The van der Waals surface area contributed by atoms with Crippen LogP contribution in [0.4, 0.5) is 0 Å². The number of hydrogen-bond acceptors (Lipinski definition) is 2. The van der Waals surface area contributed by atoms with E-state index in [2.05, 4.69) is 12.2 Å². The van der Waals surface area contributed by atoms with Crippen molar-refractivity contribution in [2.24, 2.45) is 5.92 Å². The monoisotopic (exact) mass is 281 g/mol. The van der Waals surface area contributed by atoms with Crippen molar-refractivity contribution >= 4 is 11.6 Å². The number of hydrogen-bond donors (Lipinski definition) is 2. The van der Waals surface area contributed by atoms with Gasteiger partial charge in [-0.2, -0.15) is 0 Å². The van der Waals surface area contributed by atoms with Crippen LogP contribution in [0.15, 0.2) is 24.3 Å². The minimum absolute atomic E-state index is 0.448. The van der Waals surface area contributed by atoms with Gasteiger partial charge in [0.25, 0.3) is 0 Å². The van der Waals surface area contributed by atoms with E-state index in [0.29, 0.717) is 17.6 Å². The molecule has 0 amide bonds. The fraction of sp³-hybridized carbons (Fsp3) is 0.625. The van der Waals surface area contributed by atoms with Crippen LogP contribution >= 0.6 is 11.6 Å². The van der Waals surface area contributed by atoms with Gasteiger partial charge in [-0.3, -0.25) is 0 Å². The molecular weight excluding hydrogens is 258 g/mol. The van der Waals surface area contributed by atoms with Gasteiger partial charge in [-0.1, -0.05) is 49.9 Å². The SMILES string of the molecule is CCC1CCCCC1NCC(O)c1ccc(Cl)cc1. The molecule has 3 heteroatoms. The lowest BCUT2D eigenvalue weighted by Gasteiger charge is -2.32.